The van der Waals surface area contributed by atoms with E-state index in [-0.39, 0.29) is 29.6 Å². The van der Waals surface area contributed by atoms with E-state index in [9.17, 15) is 14.0 Å². The van der Waals surface area contributed by atoms with Crippen LogP contribution in [0.15, 0.2) is 24.3 Å². The third kappa shape index (κ3) is 3.22. The van der Waals surface area contributed by atoms with Crippen molar-refractivity contribution in [2.75, 3.05) is 26.7 Å². The van der Waals surface area contributed by atoms with Gasteiger partial charge in [0.2, 0.25) is 11.8 Å². The Morgan fingerprint density at radius 3 is 2.65 bits per heavy atom. The van der Waals surface area contributed by atoms with Crippen LogP contribution in [0.3, 0.4) is 0 Å². The van der Waals surface area contributed by atoms with Crippen molar-refractivity contribution >= 4 is 11.8 Å². The van der Waals surface area contributed by atoms with E-state index in [1.54, 1.807) is 24.1 Å². The SMILES string of the molecule is CN1C(=O)CCC(C(=O)NC2CN3CCC2CC3)C1c1cccc(F)c1. The number of hydrogen-bond acceptors (Lipinski definition) is 3. The van der Waals surface area contributed by atoms with Crippen LogP contribution in [0.2, 0.25) is 0 Å². The van der Waals surface area contributed by atoms with Gasteiger partial charge in [0, 0.05) is 26.1 Å². The molecule has 2 amide bonds. The van der Waals surface area contributed by atoms with E-state index in [0.717, 1.165) is 32.5 Å². The Morgan fingerprint density at radius 2 is 2.00 bits per heavy atom. The van der Waals surface area contributed by atoms with Crippen molar-refractivity contribution in [1.29, 1.82) is 0 Å². The highest BCUT2D eigenvalue weighted by Crippen LogP contribution is 2.37. The molecule has 3 unspecified atom stereocenters. The number of halogens is 1. The third-order valence-electron chi connectivity index (χ3n) is 6.37. The average Bonchev–Trinajstić information content (AvgIpc) is 2.64. The van der Waals surface area contributed by atoms with E-state index in [4.69, 9.17) is 0 Å². The van der Waals surface area contributed by atoms with Crippen molar-refractivity contribution in [1.82, 2.24) is 15.1 Å². The Labute approximate surface area is 153 Å². The first-order chi connectivity index (χ1) is 12.5. The van der Waals surface area contributed by atoms with Crippen molar-refractivity contribution in [3.8, 4) is 0 Å². The second kappa shape index (κ2) is 6.99. The summed E-state index contributed by atoms with van der Waals surface area (Å²) in [5.74, 6) is -0.122. The number of amides is 2. The van der Waals surface area contributed by atoms with Gasteiger partial charge < -0.3 is 15.1 Å². The minimum Gasteiger partial charge on any atom is -0.351 e. The number of carbonyl (C=O) groups excluding carboxylic acids is 2. The number of nitrogens with zero attached hydrogens (tertiary/aromatic N) is 2. The van der Waals surface area contributed by atoms with E-state index in [0.29, 0.717) is 24.3 Å². The molecule has 0 aliphatic carbocycles. The third-order valence-corrected chi connectivity index (χ3v) is 6.37. The zero-order valence-corrected chi connectivity index (χ0v) is 15.2. The fourth-order valence-corrected chi connectivity index (χ4v) is 4.88. The lowest BCUT2D eigenvalue weighted by molar-refractivity contribution is -0.142. The molecule has 4 aliphatic rings. The number of carbonyl (C=O) groups is 2. The Hall–Kier alpha value is -1.95. The number of likely N-dealkylation sites (tertiary alicyclic amines) is 1. The van der Waals surface area contributed by atoms with E-state index >= 15 is 0 Å². The molecular weight excluding hydrogens is 333 g/mol. The van der Waals surface area contributed by atoms with Crippen LogP contribution in [0.25, 0.3) is 0 Å². The minimum atomic E-state index is -0.409. The number of benzene rings is 1. The topological polar surface area (TPSA) is 52.7 Å². The van der Waals surface area contributed by atoms with Gasteiger partial charge in [0.05, 0.1) is 12.0 Å². The zero-order valence-electron chi connectivity index (χ0n) is 15.2. The maximum Gasteiger partial charge on any atom is 0.225 e. The zero-order chi connectivity index (χ0) is 18.3. The quantitative estimate of drug-likeness (QED) is 0.897. The standard InChI is InChI=1S/C20H26FN3O2/c1-23-18(25)6-5-16(19(23)14-3-2-4-15(21)11-14)20(26)22-17-12-24-9-7-13(17)8-10-24/h2-4,11,13,16-17,19H,5-10,12H2,1H3,(H,22,26). The van der Waals surface area contributed by atoms with E-state index in [1.165, 1.54) is 12.1 Å². The fourth-order valence-electron chi connectivity index (χ4n) is 4.88. The summed E-state index contributed by atoms with van der Waals surface area (Å²) in [6.07, 6.45) is 3.15. The first kappa shape index (κ1) is 17.5. The molecule has 5 rings (SSSR count). The average molecular weight is 359 g/mol. The van der Waals surface area contributed by atoms with Crippen molar-refractivity contribution in [2.24, 2.45) is 11.8 Å². The Morgan fingerprint density at radius 1 is 1.23 bits per heavy atom. The molecule has 140 valence electrons. The van der Waals surface area contributed by atoms with Gasteiger partial charge in [-0.2, -0.15) is 0 Å². The highest BCUT2D eigenvalue weighted by atomic mass is 19.1. The summed E-state index contributed by atoms with van der Waals surface area (Å²) >= 11 is 0. The van der Waals surface area contributed by atoms with Gasteiger partial charge in [0.25, 0.3) is 0 Å². The molecule has 26 heavy (non-hydrogen) atoms. The summed E-state index contributed by atoms with van der Waals surface area (Å²) in [5, 5.41) is 3.26. The molecule has 4 fully saturated rings. The number of nitrogens with one attached hydrogen (secondary N) is 1. The van der Waals surface area contributed by atoms with Crippen LogP contribution in [-0.4, -0.2) is 54.3 Å². The lowest BCUT2D eigenvalue weighted by atomic mass is 9.81. The van der Waals surface area contributed by atoms with Crippen molar-refractivity contribution in [3.05, 3.63) is 35.6 Å². The molecule has 4 saturated heterocycles. The van der Waals surface area contributed by atoms with Gasteiger partial charge in [0.1, 0.15) is 5.82 Å². The molecule has 0 saturated carbocycles. The lowest BCUT2D eigenvalue weighted by Gasteiger charge is -2.46. The highest BCUT2D eigenvalue weighted by molar-refractivity contribution is 5.85. The molecule has 1 aromatic carbocycles. The first-order valence-corrected chi connectivity index (χ1v) is 9.57. The molecule has 4 aliphatic heterocycles. The number of hydrogen-bond donors (Lipinski definition) is 1. The summed E-state index contributed by atoms with van der Waals surface area (Å²) in [7, 11) is 1.71. The van der Waals surface area contributed by atoms with Crippen LogP contribution in [0, 0.1) is 17.7 Å². The predicted octanol–water partition coefficient (Wildman–Crippen LogP) is 1.95. The second-order valence-corrected chi connectivity index (χ2v) is 7.90. The predicted molar refractivity (Wildman–Crippen MR) is 95.7 cm³/mol. The monoisotopic (exact) mass is 359 g/mol. The van der Waals surface area contributed by atoms with Crippen LogP contribution in [0.1, 0.15) is 37.3 Å². The fraction of sp³-hybridized carbons (Fsp3) is 0.600. The summed E-state index contributed by atoms with van der Waals surface area (Å²) in [6, 6.07) is 6.05. The van der Waals surface area contributed by atoms with Gasteiger partial charge in [-0.1, -0.05) is 12.1 Å². The molecular formula is C20H26FN3O2. The number of fused-ring (bicyclic) bond motifs is 3. The Kier molecular flexibility index (Phi) is 4.69. The first-order valence-electron chi connectivity index (χ1n) is 9.57. The van der Waals surface area contributed by atoms with E-state index < -0.39 is 6.04 Å². The normalized spacial score (nSPS) is 34.0. The van der Waals surface area contributed by atoms with Crippen LogP contribution in [-0.2, 0) is 9.59 Å². The largest absolute Gasteiger partial charge is 0.351 e. The lowest BCUT2D eigenvalue weighted by Crippen LogP contribution is -2.59. The molecule has 1 aromatic rings. The van der Waals surface area contributed by atoms with Gasteiger partial charge >= 0.3 is 0 Å². The molecule has 0 spiro atoms. The molecule has 6 heteroatoms. The second-order valence-electron chi connectivity index (χ2n) is 7.90. The van der Waals surface area contributed by atoms with Crippen LogP contribution >= 0.6 is 0 Å². The van der Waals surface area contributed by atoms with Crippen LogP contribution < -0.4 is 5.32 Å². The summed E-state index contributed by atoms with van der Waals surface area (Å²) in [6.45, 7) is 3.18. The molecule has 4 heterocycles. The van der Waals surface area contributed by atoms with Crippen molar-refractivity contribution in [2.45, 2.75) is 37.8 Å². The Bertz CT molecular complexity index is 702. The van der Waals surface area contributed by atoms with Crippen LogP contribution in [0.5, 0.6) is 0 Å². The highest BCUT2D eigenvalue weighted by Gasteiger charge is 2.41. The molecule has 2 bridgehead atoms. The van der Waals surface area contributed by atoms with Gasteiger partial charge in [-0.3, -0.25) is 9.59 Å². The summed E-state index contributed by atoms with van der Waals surface area (Å²) in [4.78, 5) is 29.3. The maximum absolute atomic E-state index is 13.7. The van der Waals surface area contributed by atoms with E-state index in [1.807, 2.05) is 0 Å². The van der Waals surface area contributed by atoms with Crippen molar-refractivity contribution in [3.63, 3.8) is 0 Å². The van der Waals surface area contributed by atoms with Gasteiger partial charge in [-0.15, -0.1) is 0 Å². The minimum absolute atomic E-state index is 0.00244. The molecule has 5 nitrogen and oxygen atoms in total. The number of rotatable bonds is 3. The van der Waals surface area contributed by atoms with Crippen molar-refractivity contribution < 1.29 is 14.0 Å². The molecule has 1 N–H and O–H groups in total. The van der Waals surface area contributed by atoms with Gasteiger partial charge in [0.15, 0.2) is 0 Å². The van der Waals surface area contributed by atoms with Crippen LogP contribution in [0.4, 0.5) is 4.39 Å². The van der Waals surface area contributed by atoms with E-state index in [2.05, 4.69) is 10.2 Å². The Balaban J connectivity index is 1.54. The molecule has 3 atom stereocenters. The molecule has 0 radical (unpaired) electrons. The molecule has 0 aromatic heterocycles. The summed E-state index contributed by atoms with van der Waals surface area (Å²) in [5.41, 5.74) is 0.689. The number of piperidine rings is 4. The smallest absolute Gasteiger partial charge is 0.225 e. The van der Waals surface area contributed by atoms with Gasteiger partial charge in [-0.05, 0) is 56.0 Å². The maximum atomic E-state index is 13.7. The van der Waals surface area contributed by atoms with Gasteiger partial charge in [-0.25, -0.2) is 4.39 Å². The summed E-state index contributed by atoms with van der Waals surface area (Å²) < 4.78 is 13.7.